The van der Waals surface area contributed by atoms with Crippen LogP contribution in [0.15, 0.2) is 18.2 Å². The van der Waals surface area contributed by atoms with E-state index in [0.717, 1.165) is 5.56 Å². The first-order valence-electron chi connectivity index (χ1n) is 7.08. The molecule has 1 aromatic rings. The third-order valence-electron chi connectivity index (χ3n) is 4.47. The highest BCUT2D eigenvalue weighted by Crippen LogP contribution is 2.45. The summed E-state index contributed by atoms with van der Waals surface area (Å²) in [6, 6.07) is 5.39. The predicted molar refractivity (Wildman–Crippen MR) is 85.9 cm³/mol. The van der Waals surface area contributed by atoms with Crippen molar-refractivity contribution in [1.29, 1.82) is 0 Å². The van der Waals surface area contributed by atoms with E-state index in [1.54, 1.807) is 31.1 Å². The van der Waals surface area contributed by atoms with Crippen LogP contribution in [0.2, 0.25) is 10.0 Å². The predicted octanol–water partition coefficient (Wildman–Crippen LogP) is 3.64. The van der Waals surface area contributed by atoms with Crippen LogP contribution in [-0.4, -0.2) is 35.6 Å². The Bertz CT molecular complexity index is 545. The number of halogens is 2. The molecule has 0 saturated heterocycles. The van der Waals surface area contributed by atoms with Gasteiger partial charge in [-0.2, -0.15) is 0 Å². The summed E-state index contributed by atoms with van der Waals surface area (Å²) in [5.74, 6) is 0.0522. The monoisotopic (exact) mass is 329 g/mol. The van der Waals surface area contributed by atoms with Gasteiger partial charge in [0.15, 0.2) is 0 Å². The topological polar surface area (TPSA) is 40.5 Å². The molecule has 21 heavy (non-hydrogen) atoms. The van der Waals surface area contributed by atoms with E-state index in [1.165, 1.54) is 0 Å². The zero-order chi connectivity index (χ0) is 15.8. The average molecular weight is 330 g/mol. The molecular formula is C16H21Cl2NO2. The van der Waals surface area contributed by atoms with Crippen molar-refractivity contribution >= 4 is 29.1 Å². The summed E-state index contributed by atoms with van der Waals surface area (Å²) in [5, 5.41) is 11.1. The van der Waals surface area contributed by atoms with Crippen LogP contribution in [0.3, 0.4) is 0 Å². The SMILES string of the molecule is CN(C)C(=O)[C@]1(c2ccc(Cl)c(Cl)c2)CC[C@@](C)(O)CC1. The number of hydrogen-bond acceptors (Lipinski definition) is 2. The number of amides is 1. The molecule has 1 aliphatic carbocycles. The van der Waals surface area contributed by atoms with Gasteiger partial charge in [0, 0.05) is 14.1 Å². The number of benzene rings is 1. The Morgan fingerprint density at radius 2 is 1.71 bits per heavy atom. The van der Waals surface area contributed by atoms with E-state index in [0.29, 0.717) is 35.7 Å². The van der Waals surface area contributed by atoms with Crippen LogP contribution >= 0.6 is 23.2 Å². The van der Waals surface area contributed by atoms with Gasteiger partial charge in [-0.15, -0.1) is 0 Å². The van der Waals surface area contributed by atoms with Crippen molar-refractivity contribution in [3.8, 4) is 0 Å². The number of likely N-dealkylation sites (N-methyl/N-ethyl adjacent to an activating group) is 1. The molecule has 0 radical (unpaired) electrons. The van der Waals surface area contributed by atoms with Gasteiger partial charge < -0.3 is 10.0 Å². The zero-order valence-corrected chi connectivity index (χ0v) is 14.1. The fourth-order valence-electron chi connectivity index (χ4n) is 3.06. The summed E-state index contributed by atoms with van der Waals surface area (Å²) in [5.41, 5.74) is -0.446. The molecule has 0 spiro atoms. The fraction of sp³-hybridized carbons (Fsp3) is 0.562. The van der Waals surface area contributed by atoms with Crippen LogP contribution in [0.5, 0.6) is 0 Å². The van der Waals surface area contributed by atoms with Crippen molar-refractivity contribution in [3.05, 3.63) is 33.8 Å². The van der Waals surface area contributed by atoms with Crippen molar-refractivity contribution < 1.29 is 9.90 Å². The fourth-order valence-corrected chi connectivity index (χ4v) is 3.36. The van der Waals surface area contributed by atoms with Gasteiger partial charge in [-0.05, 0) is 50.3 Å². The molecule has 2 rings (SSSR count). The minimum absolute atomic E-state index is 0.0522. The van der Waals surface area contributed by atoms with Gasteiger partial charge in [-0.25, -0.2) is 0 Å². The maximum absolute atomic E-state index is 12.8. The first-order valence-corrected chi connectivity index (χ1v) is 7.83. The van der Waals surface area contributed by atoms with Gasteiger partial charge in [0.2, 0.25) is 5.91 Å². The molecular weight excluding hydrogens is 309 g/mol. The second kappa shape index (κ2) is 5.79. The second-order valence-electron chi connectivity index (χ2n) is 6.41. The van der Waals surface area contributed by atoms with Crippen molar-refractivity contribution in [2.75, 3.05) is 14.1 Å². The highest BCUT2D eigenvalue weighted by Gasteiger charge is 2.46. The lowest BCUT2D eigenvalue weighted by Gasteiger charge is -2.43. The molecule has 0 unspecified atom stereocenters. The van der Waals surface area contributed by atoms with Crippen LogP contribution in [0.4, 0.5) is 0 Å². The van der Waals surface area contributed by atoms with E-state index in [2.05, 4.69) is 0 Å². The van der Waals surface area contributed by atoms with Crippen molar-refractivity contribution in [2.45, 2.75) is 43.6 Å². The minimum atomic E-state index is -0.702. The summed E-state index contributed by atoms with van der Waals surface area (Å²) >= 11 is 12.1. The van der Waals surface area contributed by atoms with Crippen LogP contribution in [0.25, 0.3) is 0 Å². The Hall–Kier alpha value is -0.770. The van der Waals surface area contributed by atoms with Gasteiger partial charge in [0.05, 0.1) is 21.1 Å². The lowest BCUT2D eigenvalue weighted by atomic mass is 9.65. The molecule has 1 saturated carbocycles. The summed E-state index contributed by atoms with van der Waals surface area (Å²) in [4.78, 5) is 14.4. The minimum Gasteiger partial charge on any atom is -0.390 e. The van der Waals surface area contributed by atoms with E-state index >= 15 is 0 Å². The summed E-state index contributed by atoms with van der Waals surface area (Å²) in [7, 11) is 3.52. The van der Waals surface area contributed by atoms with Crippen molar-refractivity contribution in [1.82, 2.24) is 4.90 Å². The number of aliphatic hydroxyl groups is 1. The van der Waals surface area contributed by atoms with E-state index in [4.69, 9.17) is 23.2 Å². The van der Waals surface area contributed by atoms with Crippen molar-refractivity contribution in [3.63, 3.8) is 0 Å². The normalized spacial score (nSPS) is 29.2. The molecule has 5 heteroatoms. The molecule has 1 fully saturated rings. The molecule has 0 bridgehead atoms. The molecule has 3 nitrogen and oxygen atoms in total. The van der Waals surface area contributed by atoms with Crippen LogP contribution in [0, 0.1) is 0 Å². The largest absolute Gasteiger partial charge is 0.390 e. The van der Waals surface area contributed by atoms with Gasteiger partial charge in [-0.1, -0.05) is 29.3 Å². The quantitative estimate of drug-likeness (QED) is 0.899. The Morgan fingerprint density at radius 3 is 2.19 bits per heavy atom. The molecule has 0 atom stereocenters. The maximum atomic E-state index is 12.8. The Labute approximate surface area is 135 Å². The van der Waals surface area contributed by atoms with Crippen LogP contribution < -0.4 is 0 Å². The number of carbonyl (C=O) groups is 1. The summed E-state index contributed by atoms with van der Waals surface area (Å²) < 4.78 is 0. The van der Waals surface area contributed by atoms with E-state index in [9.17, 15) is 9.90 Å². The molecule has 1 amide bonds. The molecule has 0 heterocycles. The lowest BCUT2D eigenvalue weighted by Crippen LogP contribution is -2.49. The molecule has 0 aliphatic heterocycles. The lowest BCUT2D eigenvalue weighted by molar-refractivity contribution is -0.138. The molecule has 1 aliphatic rings. The number of carbonyl (C=O) groups excluding carboxylic acids is 1. The van der Waals surface area contributed by atoms with Crippen LogP contribution in [0.1, 0.15) is 38.2 Å². The number of hydrogen-bond donors (Lipinski definition) is 1. The number of nitrogens with zero attached hydrogens (tertiary/aromatic N) is 1. The Kier molecular flexibility index (Phi) is 4.57. The van der Waals surface area contributed by atoms with Gasteiger partial charge in [-0.3, -0.25) is 4.79 Å². The first kappa shape index (κ1) is 16.6. The van der Waals surface area contributed by atoms with Crippen molar-refractivity contribution in [2.24, 2.45) is 0 Å². The zero-order valence-electron chi connectivity index (χ0n) is 12.6. The standard InChI is InChI=1S/C16H21Cl2NO2/c1-15(21)6-8-16(9-7-15,14(20)19(2)3)11-4-5-12(17)13(18)10-11/h4-5,10,21H,6-9H2,1-3H3/t15-,16-. The summed E-state index contributed by atoms with van der Waals surface area (Å²) in [6.45, 7) is 1.83. The smallest absolute Gasteiger partial charge is 0.232 e. The van der Waals surface area contributed by atoms with Gasteiger partial charge >= 0.3 is 0 Å². The van der Waals surface area contributed by atoms with E-state index < -0.39 is 11.0 Å². The molecule has 1 aromatic carbocycles. The molecule has 1 N–H and O–H groups in total. The first-order chi connectivity index (χ1) is 9.68. The average Bonchev–Trinajstić information content (AvgIpc) is 2.42. The Morgan fingerprint density at radius 1 is 1.14 bits per heavy atom. The van der Waals surface area contributed by atoms with E-state index in [1.807, 2.05) is 13.0 Å². The third kappa shape index (κ3) is 3.20. The maximum Gasteiger partial charge on any atom is 0.232 e. The van der Waals surface area contributed by atoms with Crippen LogP contribution in [-0.2, 0) is 10.2 Å². The molecule has 116 valence electrons. The van der Waals surface area contributed by atoms with Gasteiger partial charge in [0.1, 0.15) is 0 Å². The molecule has 0 aromatic heterocycles. The van der Waals surface area contributed by atoms with Gasteiger partial charge in [0.25, 0.3) is 0 Å². The highest BCUT2D eigenvalue weighted by molar-refractivity contribution is 6.42. The highest BCUT2D eigenvalue weighted by atomic mass is 35.5. The second-order valence-corrected chi connectivity index (χ2v) is 7.22. The summed E-state index contributed by atoms with van der Waals surface area (Å²) in [6.07, 6.45) is 2.39. The van der Waals surface area contributed by atoms with E-state index in [-0.39, 0.29) is 5.91 Å². The number of rotatable bonds is 2. The third-order valence-corrected chi connectivity index (χ3v) is 5.21. The Balaban J connectivity index is 2.46.